The third-order valence-electron chi connectivity index (χ3n) is 3.24. The number of hydrogen-bond donors (Lipinski definition) is 1. The van der Waals surface area contributed by atoms with Crippen molar-refractivity contribution >= 4 is 33.9 Å². The maximum Gasteiger partial charge on any atom is 0.328 e. The molecule has 0 bridgehead atoms. The van der Waals surface area contributed by atoms with Crippen LogP contribution >= 0.6 is 15.9 Å². The van der Waals surface area contributed by atoms with Crippen LogP contribution in [0.3, 0.4) is 0 Å². The topological polar surface area (TPSA) is 67.9 Å². The van der Waals surface area contributed by atoms with Crippen molar-refractivity contribution in [2.75, 3.05) is 19.8 Å². The largest absolute Gasteiger partial charge is 0.490 e. The number of benzene rings is 1. The van der Waals surface area contributed by atoms with Gasteiger partial charge in [0, 0.05) is 11.0 Å². The fraction of sp³-hybridized carbons (Fsp3) is 0.375. The van der Waals surface area contributed by atoms with Gasteiger partial charge in [-0.1, -0.05) is 15.9 Å². The van der Waals surface area contributed by atoms with E-state index in [-0.39, 0.29) is 11.6 Å². The predicted octanol–water partition coefficient (Wildman–Crippen LogP) is 3.16. The molecular formula is C16H19BrN2O4. The van der Waals surface area contributed by atoms with Crippen molar-refractivity contribution in [3.05, 3.63) is 27.9 Å². The van der Waals surface area contributed by atoms with Gasteiger partial charge in [-0.05, 0) is 44.5 Å². The van der Waals surface area contributed by atoms with Crippen molar-refractivity contribution in [2.45, 2.75) is 20.8 Å². The molecule has 7 heteroatoms. The van der Waals surface area contributed by atoms with Gasteiger partial charge in [0.2, 0.25) is 0 Å². The quantitative estimate of drug-likeness (QED) is 0.605. The van der Waals surface area contributed by atoms with Crippen LogP contribution < -0.4 is 14.8 Å². The highest BCUT2D eigenvalue weighted by Gasteiger charge is 2.32. The van der Waals surface area contributed by atoms with Crippen LogP contribution in [0.25, 0.3) is 6.08 Å². The smallest absolute Gasteiger partial charge is 0.328 e. The molecule has 124 valence electrons. The summed E-state index contributed by atoms with van der Waals surface area (Å²) in [5.41, 5.74) is 0.961. The average molecular weight is 383 g/mol. The molecule has 0 aliphatic carbocycles. The number of carbonyl (C=O) groups excluding carboxylic acids is 2. The van der Waals surface area contributed by atoms with E-state index in [0.29, 0.717) is 31.3 Å². The molecule has 1 N–H and O–H groups in total. The third-order valence-corrected chi connectivity index (χ3v) is 3.93. The van der Waals surface area contributed by atoms with E-state index < -0.39 is 6.03 Å². The van der Waals surface area contributed by atoms with Gasteiger partial charge in [-0.25, -0.2) is 4.79 Å². The molecule has 1 heterocycles. The van der Waals surface area contributed by atoms with E-state index in [2.05, 4.69) is 21.2 Å². The molecule has 6 nitrogen and oxygen atoms in total. The van der Waals surface area contributed by atoms with E-state index in [1.165, 1.54) is 0 Å². The molecule has 1 saturated heterocycles. The third kappa shape index (κ3) is 3.67. The van der Waals surface area contributed by atoms with Crippen LogP contribution in [0.15, 0.2) is 22.3 Å². The van der Waals surface area contributed by atoms with Crippen molar-refractivity contribution in [3.63, 3.8) is 0 Å². The first kappa shape index (κ1) is 17.3. The Hall–Kier alpha value is -2.02. The van der Waals surface area contributed by atoms with Crippen LogP contribution in [0.4, 0.5) is 4.79 Å². The molecule has 0 unspecified atom stereocenters. The van der Waals surface area contributed by atoms with Gasteiger partial charge >= 0.3 is 6.03 Å². The Morgan fingerprint density at radius 1 is 1.13 bits per heavy atom. The summed E-state index contributed by atoms with van der Waals surface area (Å²) in [7, 11) is 0. The van der Waals surface area contributed by atoms with Crippen LogP contribution in [0.5, 0.6) is 11.5 Å². The number of amides is 3. The summed E-state index contributed by atoms with van der Waals surface area (Å²) in [5, 5.41) is 2.58. The van der Waals surface area contributed by atoms with Crippen molar-refractivity contribution in [3.8, 4) is 11.5 Å². The van der Waals surface area contributed by atoms with Crippen LogP contribution in [-0.4, -0.2) is 36.6 Å². The van der Waals surface area contributed by atoms with Gasteiger partial charge < -0.3 is 14.8 Å². The Bertz CT molecular complexity index is 658. The molecule has 3 amide bonds. The maximum atomic E-state index is 12.1. The lowest BCUT2D eigenvalue weighted by molar-refractivity contribution is -0.122. The zero-order valence-electron chi connectivity index (χ0n) is 13.3. The number of likely N-dealkylation sites (N-methyl/N-ethyl adjacent to an activating group) is 1. The molecule has 1 aliphatic rings. The van der Waals surface area contributed by atoms with Crippen molar-refractivity contribution in [2.24, 2.45) is 0 Å². The molecule has 1 aliphatic heterocycles. The minimum atomic E-state index is -0.407. The number of hydrogen-bond acceptors (Lipinski definition) is 4. The summed E-state index contributed by atoms with van der Waals surface area (Å²) in [6.45, 7) is 6.88. The molecular weight excluding hydrogens is 364 g/mol. The van der Waals surface area contributed by atoms with Gasteiger partial charge in [0.15, 0.2) is 11.5 Å². The monoisotopic (exact) mass is 382 g/mol. The summed E-state index contributed by atoms with van der Waals surface area (Å²) < 4.78 is 11.9. The van der Waals surface area contributed by atoms with Gasteiger partial charge in [-0.3, -0.25) is 9.69 Å². The summed E-state index contributed by atoms with van der Waals surface area (Å²) in [6, 6.07) is 3.16. The number of imide groups is 1. The lowest BCUT2D eigenvalue weighted by atomic mass is 10.1. The van der Waals surface area contributed by atoms with E-state index in [1.807, 2.05) is 13.8 Å². The van der Waals surface area contributed by atoms with E-state index in [4.69, 9.17) is 9.47 Å². The zero-order valence-corrected chi connectivity index (χ0v) is 14.9. The minimum absolute atomic E-state index is 0.240. The highest BCUT2D eigenvalue weighted by Crippen LogP contribution is 2.35. The number of carbonyl (C=O) groups is 2. The zero-order chi connectivity index (χ0) is 17.0. The second-order valence-electron chi connectivity index (χ2n) is 4.72. The Balaban J connectivity index is 2.40. The minimum Gasteiger partial charge on any atom is -0.490 e. The number of rotatable bonds is 6. The van der Waals surface area contributed by atoms with E-state index in [9.17, 15) is 9.59 Å². The molecule has 0 radical (unpaired) electrons. The van der Waals surface area contributed by atoms with Crippen LogP contribution in [0.1, 0.15) is 26.3 Å². The molecule has 23 heavy (non-hydrogen) atoms. The molecule has 0 aromatic heterocycles. The molecule has 0 atom stereocenters. The van der Waals surface area contributed by atoms with Gasteiger partial charge in [0.1, 0.15) is 5.70 Å². The maximum absolute atomic E-state index is 12.1. The van der Waals surface area contributed by atoms with Crippen molar-refractivity contribution in [1.82, 2.24) is 10.2 Å². The molecule has 0 saturated carbocycles. The highest BCUT2D eigenvalue weighted by atomic mass is 79.9. The van der Waals surface area contributed by atoms with Crippen LogP contribution in [0, 0.1) is 0 Å². The van der Waals surface area contributed by atoms with Gasteiger partial charge in [-0.15, -0.1) is 0 Å². The number of halogens is 1. The molecule has 1 aromatic rings. The van der Waals surface area contributed by atoms with E-state index in [0.717, 1.165) is 14.9 Å². The van der Waals surface area contributed by atoms with Gasteiger partial charge in [-0.2, -0.15) is 0 Å². The Morgan fingerprint density at radius 3 is 2.26 bits per heavy atom. The Kier molecular flexibility index (Phi) is 5.65. The second-order valence-corrected chi connectivity index (χ2v) is 5.58. The standard InChI is InChI=1S/C16H19BrN2O4/c1-4-19-15(20)12(18-16(19)21)7-10-8-13(22-5-2)14(23-6-3)9-11(10)17/h7-9H,4-6H2,1-3H3,(H,18,21)/b12-7+. The fourth-order valence-electron chi connectivity index (χ4n) is 2.21. The molecule has 0 spiro atoms. The lowest BCUT2D eigenvalue weighted by Crippen LogP contribution is -2.30. The van der Waals surface area contributed by atoms with E-state index in [1.54, 1.807) is 25.1 Å². The number of ether oxygens (including phenoxy) is 2. The van der Waals surface area contributed by atoms with Gasteiger partial charge in [0.25, 0.3) is 5.91 Å². The number of nitrogens with zero attached hydrogens (tertiary/aromatic N) is 1. The summed E-state index contributed by atoms with van der Waals surface area (Å²) >= 11 is 3.46. The summed E-state index contributed by atoms with van der Waals surface area (Å²) in [4.78, 5) is 25.0. The fourth-order valence-corrected chi connectivity index (χ4v) is 2.65. The Labute approximate surface area is 143 Å². The van der Waals surface area contributed by atoms with Gasteiger partial charge in [0.05, 0.1) is 13.2 Å². The van der Waals surface area contributed by atoms with Crippen molar-refractivity contribution in [1.29, 1.82) is 0 Å². The molecule has 1 aromatic carbocycles. The average Bonchev–Trinajstić information content (AvgIpc) is 2.78. The normalized spacial score (nSPS) is 16.0. The molecule has 1 fully saturated rings. The summed E-state index contributed by atoms with van der Waals surface area (Å²) in [6.07, 6.45) is 1.62. The Morgan fingerprint density at radius 2 is 1.74 bits per heavy atom. The first-order valence-electron chi connectivity index (χ1n) is 7.45. The highest BCUT2D eigenvalue weighted by molar-refractivity contribution is 9.10. The van der Waals surface area contributed by atoms with Crippen molar-refractivity contribution < 1.29 is 19.1 Å². The SMILES string of the molecule is CCOc1cc(Br)c(/C=C2/NC(=O)N(CC)C2=O)cc1OCC. The summed E-state index contributed by atoms with van der Waals surface area (Å²) in [5.74, 6) is 0.880. The van der Waals surface area contributed by atoms with E-state index >= 15 is 0 Å². The second kappa shape index (κ2) is 7.50. The number of urea groups is 1. The lowest BCUT2D eigenvalue weighted by Gasteiger charge is -2.13. The van der Waals surface area contributed by atoms with Crippen LogP contribution in [0.2, 0.25) is 0 Å². The predicted molar refractivity (Wildman–Crippen MR) is 90.4 cm³/mol. The molecule has 2 rings (SSSR count). The number of nitrogens with one attached hydrogen (secondary N) is 1. The first-order valence-corrected chi connectivity index (χ1v) is 8.24. The van der Waals surface area contributed by atoms with Crippen LogP contribution in [-0.2, 0) is 4.79 Å². The first-order chi connectivity index (χ1) is 11.0.